The predicted molar refractivity (Wildman–Crippen MR) is 95.3 cm³/mol. The standard InChI is InChI=1S/C18H15F5N4O2/c19-17(20,18(21,22)23)9-29-14-4-2-1-3-11(14)10-5-6-12-13(7-10)27(8-15(24)28)26-16(12)25/h1-7H,8-9H2,(H2,24,28)(H2,25,26). The Labute approximate surface area is 160 Å². The first-order valence-electron chi connectivity index (χ1n) is 8.21. The molecule has 0 aliphatic heterocycles. The molecule has 0 unspecified atom stereocenters. The number of hydrogen-bond donors (Lipinski definition) is 2. The summed E-state index contributed by atoms with van der Waals surface area (Å²) in [7, 11) is 0. The number of carbonyl (C=O) groups excluding carboxylic acids is 1. The molecule has 2 aromatic carbocycles. The number of primary amides is 1. The van der Waals surface area contributed by atoms with Gasteiger partial charge in [0.05, 0.1) is 5.52 Å². The van der Waals surface area contributed by atoms with E-state index in [2.05, 4.69) is 5.10 Å². The average molecular weight is 414 g/mol. The fourth-order valence-electron chi connectivity index (χ4n) is 2.72. The molecule has 6 nitrogen and oxygen atoms in total. The molecule has 0 radical (unpaired) electrons. The van der Waals surface area contributed by atoms with Crippen LogP contribution in [0.4, 0.5) is 27.8 Å². The largest absolute Gasteiger partial charge is 0.486 e. The smallest absolute Gasteiger partial charge is 0.456 e. The van der Waals surface area contributed by atoms with E-state index in [1.165, 1.54) is 22.9 Å². The Balaban J connectivity index is 1.99. The third-order valence-electron chi connectivity index (χ3n) is 4.11. The van der Waals surface area contributed by atoms with Crippen molar-refractivity contribution >= 4 is 22.6 Å². The highest BCUT2D eigenvalue weighted by atomic mass is 19.4. The van der Waals surface area contributed by atoms with Crippen molar-refractivity contribution in [2.75, 3.05) is 12.3 Å². The zero-order valence-corrected chi connectivity index (χ0v) is 14.7. The second-order valence-corrected chi connectivity index (χ2v) is 6.23. The van der Waals surface area contributed by atoms with E-state index in [0.717, 1.165) is 0 Å². The minimum atomic E-state index is -5.72. The lowest BCUT2D eigenvalue weighted by Gasteiger charge is -2.20. The van der Waals surface area contributed by atoms with E-state index in [4.69, 9.17) is 16.2 Å². The normalized spacial score (nSPS) is 12.3. The van der Waals surface area contributed by atoms with Gasteiger partial charge in [0.15, 0.2) is 12.4 Å². The van der Waals surface area contributed by atoms with Crippen LogP contribution in [0, 0.1) is 0 Å². The summed E-state index contributed by atoms with van der Waals surface area (Å²) in [6.45, 7) is -2.10. The van der Waals surface area contributed by atoms with Crippen molar-refractivity contribution in [2.45, 2.75) is 18.6 Å². The molecule has 1 aromatic heterocycles. The van der Waals surface area contributed by atoms with Crippen molar-refractivity contribution in [2.24, 2.45) is 5.73 Å². The molecule has 0 bridgehead atoms. The number of fused-ring (bicyclic) bond motifs is 1. The minimum absolute atomic E-state index is 0.155. The summed E-state index contributed by atoms with van der Waals surface area (Å²) < 4.78 is 69.7. The van der Waals surface area contributed by atoms with Gasteiger partial charge in [0.25, 0.3) is 0 Å². The number of ether oxygens (including phenoxy) is 1. The van der Waals surface area contributed by atoms with Crippen molar-refractivity contribution < 1.29 is 31.5 Å². The lowest BCUT2D eigenvalue weighted by atomic mass is 10.0. The molecule has 0 atom stereocenters. The van der Waals surface area contributed by atoms with Crippen LogP contribution in [0.5, 0.6) is 5.75 Å². The third-order valence-corrected chi connectivity index (χ3v) is 4.11. The number of hydrogen-bond acceptors (Lipinski definition) is 4. The van der Waals surface area contributed by atoms with Gasteiger partial charge in [-0.15, -0.1) is 0 Å². The van der Waals surface area contributed by atoms with Crippen LogP contribution in [0.1, 0.15) is 0 Å². The summed E-state index contributed by atoms with van der Waals surface area (Å²) in [6.07, 6.45) is -5.72. The molecular formula is C18H15F5N4O2. The van der Waals surface area contributed by atoms with E-state index < -0.39 is 24.6 Å². The highest BCUT2D eigenvalue weighted by Crippen LogP contribution is 2.38. The van der Waals surface area contributed by atoms with Gasteiger partial charge in [-0.25, -0.2) is 0 Å². The zero-order valence-electron chi connectivity index (χ0n) is 14.7. The van der Waals surface area contributed by atoms with Crippen molar-refractivity contribution in [3.63, 3.8) is 0 Å². The highest BCUT2D eigenvalue weighted by Gasteiger charge is 2.58. The summed E-state index contributed by atoms with van der Waals surface area (Å²) in [4.78, 5) is 11.2. The van der Waals surface area contributed by atoms with Crippen molar-refractivity contribution in [3.8, 4) is 16.9 Å². The first-order chi connectivity index (χ1) is 13.5. The van der Waals surface area contributed by atoms with Crippen LogP contribution in [0.2, 0.25) is 0 Å². The SMILES string of the molecule is NC(=O)Cn1nc(N)c2ccc(-c3ccccc3OCC(F)(F)C(F)(F)F)cc21. The molecular weight excluding hydrogens is 399 g/mol. The van der Waals surface area contributed by atoms with Crippen LogP contribution in [0.25, 0.3) is 22.0 Å². The Morgan fingerprint density at radius 2 is 1.79 bits per heavy atom. The molecule has 0 saturated carbocycles. The maximum atomic E-state index is 13.2. The maximum absolute atomic E-state index is 13.2. The first kappa shape index (κ1) is 20.4. The van der Waals surface area contributed by atoms with Gasteiger partial charge in [-0.05, 0) is 23.8 Å². The molecule has 4 N–H and O–H groups in total. The second kappa shape index (κ2) is 7.22. The number of nitrogens with zero attached hydrogens (tertiary/aromatic N) is 2. The van der Waals surface area contributed by atoms with Crippen LogP contribution < -0.4 is 16.2 Å². The number of alkyl halides is 5. The van der Waals surface area contributed by atoms with Gasteiger partial charge >= 0.3 is 12.1 Å². The summed E-state index contributed by atoms with van der Waals surface area (Å²) in [5.74, 6) is -5.66. The molecule has 154 valence electrons. The van der Waals surface area contributed by atoms with Crippen LogP contribution in [0.3, 0.4) is 0 Å². The van der Waals surface area contributed by atoms with Crippen LogP contribution in [-0.4, -0.2) is 34.4 Å². The molecule has 11 heteroatoms. The number of halogens is 5. The molecule has 3 rings (SSSR count). The van der Waals surface area contributed by atoms with Gasteiger partial charge in [0.2, 0.25) is 5.91 Å². The van der Waals surface area contributed by atoms with Crippen molar-refractivity contribution in [3.05, 3.63) is 42.5 Å². The van der Waals surface area contributed by atoms with Gasteiger partial charge in [-0.2, -0.15) is 27.1 Å². The van der Waals surface area contributed by atoms with Crippen molar-refractivity contribution in [1.82, 2.24) is 9.78 Å². The van der Waals surface area contributed by atoms with E-state index in [1.807, 2.05) is 0 Å². The molecule has 1 heterocycles. The Kier molecular flexibility index (Phi) is 5.07. The molecule has 0 aliphatic rings. The van der Waals surface area contributed by atoms with Gasteiger partial charge in [0.1, 0.15) is 12.3 Å². The molecule has 0 fully saturated rings. The minimum Gasteiger partial charge on any atom is -0.486 e. The van der Waals surface area contributed by atoms with Crippen LogP contribution >= 0.6 is 0 Å². The lowest BCUT2D eigenvalue weighted by molar-refractivity contribution is -0.289. The van der Waals surface area contributed by atoms with Crippen molar-refractivity contribution in [1.29, 1.82) is 0 Å². The van der Waals surface area contributed by atoms with E-state index >= 15 is 0 Å². The molecule has 0 saturated heterocycles. The Morgan fingerprint density at radius 3 is 2.45 bits per heavy atom. The fourth-order valence-corrected chi connectivity index (χ4v) is 2.72. The number of amides is 1. The average Bonchev–Trinajstić information content (AvgIpc) is 2.94. The molecule has 0 spiro atoms. The lowest BCUT2D eigenvalue weighted by Crippen LogP contribution is -2.41. The maximum Gasteiger partial charge on any atom is 0.456 e. The van der Waals surface area contributed by atoms with E-state index in [0.29, 0.717) is 16.5 Å². The van der Waals surface area contributed by atoms with Crippen LogP contribution in [0.15, 0.2) is 42.5 Å². The van der Waals surface area contributed by atoms with E-state index in [-0.39, 0.29) is 23.7 Å². The summed E-state index contributed by atoms with van der Waals surface area (Å²) in [5, 5.41) is 4.55. The summed E-state index contributed by atoms with van der Waals surface area (Å²) in [6, 6.07) is 10.5. The number of anilines is 1. The fraction of sp³-hybridized carbons (Fsp3) is 0.222. The van der Waals surface area contributed by atoms with Crippen LogP contribution in [-0.2, 0) is 11.3 Å². The number of benzene rings is 2. The number of aromatic nitrogens is 2. The molecule has 0 aliphatic carbocycles. The third kappa shape index (κ3) is 4.08. The van der Waals surface area contributed by atoms with Gasteiger partial charge in [-0.3, -0.25) is 9.48 Å². The number of rotatable bonds is 6. The van der Waals surface area contributed by atoms with Gasteiger partial charge in [-0.1, -0.05) is 24.3 Å². The summed E-state index contributed by atoms with van der Waals surface area (Å²) in [5.41, 5.74) is 12.2. The second-order valence-electron chi connectivity index (χ2n) is 6.23. The molecule has 1 amide bonds. The van der Waals surface area contributed by atoms with E-state index in [9.17, 15) is 26.7 Å². The predicted octanol–water partition coefficient (Wildman–Crippen LogP) is 3.35. The number of nitrogens with two attached hydrogens (primary N) is 2. The number of nitrogen functional groups attached to an aromatic ring is 1. The Hall–Kier alpha value is -3.37. The molecule has 29 heavy (non-hydrogen) atoms. The topological polar surface area (TPSA) is 96.2 Å². The van der Waals surface area contributed by atoms with Gasteiger partial charge in [0, 0.05) is 10.9 Å². The Bertz CT molecular complexity index is 1060. The number of carbonyl (C=O) groups is 1. The Morgan fingerprint density at radius 1 is 1.10 bits per heavy atom. The first-order valence-corrected chi connectivity index (χ1v) is 8.21. The summed E-state index contributed by atoms with van der Waals surface area (Å²) >= 11 is 0. The number of para-hydroxylation sites is 1. The zero-order chi connectivity index (χ0) is 21.4. The van der Waals surface area contributed by atoms with E-state index in [1.54, 1.807) is 24.3 Å². The quantitative estimate of drug-likeness (QED) is 0.605. The monoisotopic (exact) mass is 414 g/mol. The van der Waals surface area contributed by atoms with Gasteiger partial charge < -0.3 is 16.2 Å². The highest BCUT2D eigenvalue weighted by molar-refractivity contribution is 5.93. The molecule has 3 aromatic rings.